The van der Waals surface area contributed by atoms with E-state index >= 15 is 0 Å². The van der Waals surface area contributed by atoms with Gasteiger partial charge in [-0.2, -0.15) is 0 Å². The highest BCUT2D eigenvalue weighted by atomic mass is 16.5. The summed E-state index contributed by atoms with van der Waals surface area (Å²) in [7, 11) is 2.97. The number of para-hydroxylation sites is 1. The number of carboxylic acid groups (broad SMARTS) is 1. The van der Waals surface area contributed by atoms with Gasteiger partial charge in [-0.1, -0.05) is 48.5 Å². The Morgan fingerprint density at radius 2 is 1.61 bits per heavy atom. The zero-order chi connectivity index (χ0) is 22.0. The number of hydrogen-bond donors (Lipinski definition) is 1. The van der Waals surface area contributed by atoms with Gasteiger partial charge in [-0.05, 0) is 29.8 Å². The van der Waals surface area contributed by atoms with Gasteiger partial charge in [0, 0.05) is 17.4 Å². The molecule has 31 heavy (non-hydrogen) atoms. The molecule has 1 N–H and O–H groups in total. The van der Waals surface area contributed by atoms with E-state index in [-0.39, 0.29) is 16.8 Å². The number of carboxylic acids is 1. The van der Waals surface area contributed by atoms with Crippen molar-refractivity contribution in [1.82, 2.24) is 4.57 Å². The van der Waals surface area contributed by atoms with E-state index in [4.69, 9.17) is 9.47 Å². The third kappa shape index (κ3) is 3.64. The number of ketones is 1. The van der Waals surface area contributed by atoms with E-state index in [1.165, 1.54) is 14.2 Å². The smallest absolute Gasteiger partial charge is 0.353 e. The fourth-order valence-corrected chi connectivity index (χ4v) is 3.81. The molecular weight excluding hydrogens is 394 g/mol. The number of rotatable bonds is 7. The highest BCUT2D eigenvalue weighted by Gasteiger charge is 2.29. The van der Waals surface area contributed by atoms with E-state index in [1.54, 1.807) is 34.9 Å². The van der Waals surface area contributed by atoms with Crippen LogP contribution in [0.1, 0.15) is 32.0 Å². The Bertz CT molecular complexity index is 1270. The number of benzene rings is 3. The average molecular weight is 415 g/mol. The van der Waals surface area contributed by atoms with Gasteiger partial charge in [-0.15, -0.1) is 0 Å². The van der Waals surface area contributed by atoms with Crippen molar-refractivity contribution in [1.29, 1.82) is 0 Å². The second-order valence-electron chi connectivity index (χ2n) is 7.01. The number of carbonyl (C=O) groups excluding carboxylic acids is 1. The summed E-state index contributed by atoms with van der Waals surface area (Å²) >= 11 is 0. The predicted molar refractivity (Wildman–Crippen MR) is 117 cm³/mol. The summed E-state index contributed by atoms with van der Waals surface area (Å²) in [6.45, 7) is 0.325. The molecule has 4 rings (SSSR count). The molecule has 0 amide bonds. The molecule has 3 aromatic carbocycles. The van der Waals surface area contributed by atoms with Crippen molar-refractivity contribution in [2.45, 2.75) is 6.54 Å². The molecule has 0 saturated carbocycles. The van der Waals surface area contributed by atoms with E-state index in [0.29, 0.717) is 28.9 Å². The van der Waals surface area contributed by atoms with Crippen molar-refractivity contribution in [3.05, 3.63) is 95.2 Å². The molecule has 0 aliphatic rings. The van der Waals surface area contributed by atoms with E-state index in [0.717, 1.165) is 5.56 Å². The maximum absolute atomic E-state index is 13.7. The first-order valence-electron chi connectivity index (χ1n) is 9.70. The molecule has 0 atom stereocenters. The number of nitrogens with zero attached hydrogens (tertiary/aromatic N) is 1. The van der Waals surface area contributed by atoms with Crippen LogP contribution in [0.2, 0.25) is 0 Å². The monoisotopic (exact) mass is 415 g/mol. The minimum atomic E-state index is -1.17. The van der Waals surface area contributed by atoms with Crippen molar-refractivity contribution in [3.8, 4) is 11.5 Å². The van der Waals surface area contributed by atoms with Gasteiger partial charge in [-0.3, -0.25) is 4.79 Å². The highest BCUT2D eigenvalue weighted by Crippen LogP contribution is 2.33. The first kappa shape index (κ1) is 20.2. The van der Waals surface area contributed by atoms with Crippen LogP contribution in [0.5, 0.6) is 11.5 Å². The first-order valence-corrected chi connectivity index (χ1v) is 9.70. The van der Waals surface area contributed by atoms with Crippen molar-refractivity contribution in [3.63, 3.8) is 0 Å². The molecule has 4 aromatic rings. The fraction of sp³-hybridized carbons (Fsp3) is 0.120. The normalized spacial score (nSPS) is 10.8. The second kappa shape index (κ2) is 8.36. The summed E-state index contributed by atoms with van der Waals surface area (Å²) in [4.78, 5) is 26.1. The lowest BCUT2D eigenvalue weighted by Gasteiger charge is -2.11. The lowest BCUT2D eigenvalue weighted by atomic mass is 9.99. The summed E-state index contributed by atoms with van der Waals surface area (Å²) in [6.07, 6.45) is 0. The Morgan fingerprint density at radius 1 is 0.903 bits per heavy atom. The standard InChI is InChI=1S/C25H21NO5/c1-30-17-12-13-21(31-2)19(14-17)24(27)22-18-10-6-7-11-20(18)26(23(22)25(28)29)15-16-8-4-3-5-9-16/h3-14H,15H2,1-2H3,(H,28,29). The first-order chi connectivity index (χ1) is 15.0. The second-order valence-corrected chi connectivity index (χ2v) is 7.01. The Kier molecular flexibility index (Phi) is 5.45. The van der Waals surface area contributed by atoms with Crippen LogP contribution in [0, 0.1) is 0 Å². The Balaban J connectivity index is 1.98. The average Bonchev–Trinajstić information content (AvgIpc) is 3.13. The highest BCUT2D eigenvalue weighted by molar-refractivity contribution is 6.22. The third-order valence-electron chi connectivity index (χ3n) is 5.24. The SMILES string of the molecule is COc1ccc(OC)c(C(=O)c2c(C(=O)O)n(Cc3ccccc3)c3ccccc23)c1. The van der Waals surface area contributed by atoms with Crippen LogP contribution in [0.4, 0.5) is 0 Å². The summed E-state index contributed by atoms with van der Waals surface area (Å²) in [5.41, 5.74) is 1.93. The molecule has 0 aliphatic carbocycles. The Morgan fingerprint density at radius 3 is 2.29 bits per heavy atom. The number of carbonyl (C=O) groups is 2. The predicted octanol–water partition coefficient (Wildman–Crippen LogP) is 4.64. The zero-order valence-corrected chi connectivity index (χ0v) is 17.2. The van der Waals surface area contributed by atoms with Crippen LogP contribution in [0.15, 0.2) is 72.8 Å². The van der Waals surface area contributed by atoms with E-state index in [2.05, 4.69) is 0 Å². The lowest BCUT2D eigenvalue weighted by Crippen LogP contribution is -2.15. The minimum absolute atomic E-state index is 0.0556. The number of aromatic nitrogens is 1. The Hall–Kier alpha value is -4.06. The molecule has 1 aromatic heterocycles. The molecule has 0 bridgehead atoms. The zero-order valence-electron chi connectivity index (χ0n) is 17.2. The molecule has 0 spiro atoms. The largest absolute Gasteiger partial charge is 0.497 e. The van der Waals surface area contributed by atoms with Crippen LogP contribution in [-0.2, 0) is 6.54 Å². The minimum Gasteiger partial charge on any atom is -0.497 e. The van der Waals surface area contributed by atoms with Gasteiger partial charge < -0.3 is 19.1 Å². The molecule has 0 aliphatic heterocycles. The van der Waals surface area contributed by atoms with Crippen molar-refractivity contribution >= 4 is 22.7 Å². The number of aromatic carboxylic acids is 1. The van der Waals surface area contributed by atoms with Crippen LogP contribution in [-0.4, -0.2) is 35.6 Å². The molecule has 1 heterocycles. The molecule has 0 saturated heterocycles. The van der Waals surface area contributed by atoms with Gasteiger partial charge in [-0.25, -0.2) is 4.79 Å². The quantitative estimate of drug-likeness (QED) is 0.445. The van der Waals surface area contributed by atoms with Crippen molar-refractivity contribution in [2.75, 3.05) is 14.2 Å². The molecule has 156 valence electrons. The van der Waals surface area contributed by atoms with Crippen molar-refractivity contribution in [2.24, 2.45) is 0 Å². The Labute approximate surface area is 179 Å². The summed E-state index contributed by atoms with van der Waals surface area (Å²) in [5, 5.41) is 10.7. The number of ether oxygens (including phenoxy) is 2. The van der Waals surface area contributed by atoms with Crippen LogP contribution in [0.3, 0.4) is 0 Å². The van der Waals surface area contributed by atoms with Gasteiger partial charge in [0.05, 0.1) is 25.3 Å². The fourth-order valence-electron chi connectivity index (χ4n) is 3.81. The molecule has 6 nitrogen and oxygen atoms in total. The molecular formula is C25H21NO5. The van der Waals surface area contributed by atoms with Crippen molar-refractivity contribution < 1.29 is 24.2 Å². The van der Waals surface area contributed by atoms with Crippen LogP contribution < -0.4 is 9.47 Å². The number of hydrogen-bond acceptors (Lipinski definition) is 4. The van der Waals surface area contributed by atoms with Crippen LogP contribution in [0.25, 0.3) is 10.9 Å². The van der Waals surface area contributed by atoms with Gasteiger partial charge in [0.15, 0.2) is 5.78 Å². The third-order valence-corrected chi connectivity index (χ3v) is 5.24. The van der Waals surface area contributed by atoms with E-state index in [1.807, 2.05) is 42.5 Å². The van der Waals surface area contributed by atoms with E-state index in [9.17, 15) is 14.7 Å². The van der Waals surface area contributed by atoms with Gasteiger partial charge >= 0.3 is 5.97 Å². The topological polar surface area (TPSA) is 77.8 Å². The van der Waals surface area contributed by atoms with Crippen LogP contribution >= 0.6 is 0 Å². The summed E-state index contributed by atoms with van der Waals surface area (Å²) in [6, 6.07) is 21.6. The maximum atomic E-state index is 13.7. The number of fused-ring (bicyclic) bond motifs is 1. The number of methoxy groups -OCH3 is 2. The molecule has 0 radical (unpaired) electrons. The molecule has 6 heteroatoms. The molecule has 0 unspecified atom stereocenters. The molecule has 0 fully saturated rings. The summed E-state index contributed by atoms with van der Waals surface area (Å²) < 4.78 is 12.3. The van der Waals surface area contributed by atoms with Gasteiger partial charge in [0.2, 0.25) is 0 Å². The van der Waals surface area contributed by atoms with Gasteiger partial charge in [0.1, 0.15) is 17.2 Å². The van der Waals surface area contributed by atoms with E-state index < -0.39 is 11.8 Å². The van der Waals surface area contributed by atoms with Gasteiger partial charge in [0.25, 0.3) is 0 Å². The maximum Gasteiger partial charge on any atom is 0.353 e. The lowest BCUT2D eigenvalue weighted by molar-refractivity contribution is 0.0682. The summed E-state index contributed by atoms with van der Waals surface area (Å²) in [5.74, 6) is -0.774.